The molecule has 10 aromatic rings. The molecule has 5 heterocycles. The summed E-state index contributed by atoms with van der Waals surface area (Å²) in [5, 5.41) is 7.10. The Hall–Kier alpha value is -8.36. The van der Waals surface area contributed by atoms with Crippen molar-refractivity contribution in [3.63, 3.8) is 0 Å². The molecule has 0 radical (unpaired) electrons. The van der Waals surface area contributed by atoms with Crippen LogP contribution in [0.25, 0.3) is 72.6 Å². The number of aromatic nitrogens is 4. The number of allylic oxidation sites excluding steroid dienone is 2. The maximum Gasteiger partial charge on any atom is 0.164 e. The number of fused-ring (bicyclic) bond motifs is 9. The quantitative estimate of drug-likeness (QED) is 0.180. The van der Waals surface area contributed by atoms with Gasteiger partial charge in [0, 0.05) is 55.6 Å². The fraction of sp³-hybridized carbons (Fsp3) is 0.0545. The third-order valence-corrected chi connectivity index (χ3v) is 12.5. The van der Waals surface area contributed by atoms with Crippen molar-refractivity contribution < 1.29 is 9.15 Å². The number of para-hydroxylation sites is 3. The third kappa shape index (κ3) is 5.76. The molecule has 0 amide bonds. The van der Waals surface area contributed by atoms with Gasteiger partial charge in [-0.15, -0.1) is 0 Å². The van der Waals surface area contributed by atoms with Crippen molar-refractivity contribution >= 4 is 44.3 Å². The first-order chi connectivity index (χ1) is 31.2. The molecule has 0 bridgehead atoms. The molecular formula is C55H36N6O2. The van der Waals surface area contributed by atoms with Gasteiger partial charge < -0.3 is 19.0 Å². The van der Waals surface area contributed by atoms with Crippen LogP contribution in [-0.4, -0.2) is 31.5 Å². The van der Waals surface area contributed by atoms with Gasteiger partial charge in [-0.05, 0) is 60.2 Å². The van der Waals surface area contributed by atoms with Crippen LogP contribution in [0.4, 0.5) is 5.69 Å². The molecule has 3 atom stereocenters. The summed E-state index contributed by atoms with van der Waals surface area (Å²) in [5.41, 5.74) is 10.8. The van der Waals surface area contributed by atoms with Crippen LogP contribution < -0.4 is 10.1 Å². The number of nitrogens with zero attached hydrogens (tertiary/aromatic N) is 5. The zero-order chi connectivity index (χ0) is 41.4. The normalized spacial score (nSPS) is 17.4. The lowest BCUT2D eigenvalue weighted by Crippen LogP contribution is -2.38. The molecule has 3 aromatic heterocycles. The summed E-state index contributed by atoms with van der Waals surface area (Å²) in [5.74, 6) is 4.15. The van der Waals surface area contributed by atoms with Gasteiger partial charge in [-0.3, -0.25) is 0 Å². The van der Waals surface area contributed by atoms with Crippen molar-refractivity contribution in [2.45, 2.75) is 18.1 Å². The third-order valence-electron chi connectivity index (χ3n) is 12.5. The molecule has 3 aliphatic rings. The van der Waals surface area contributed by atoms with Crippen molar-refractivity contribution in [1.29, 1.82) is 0 Å². The first-order valence-electron chi connectivity index (χ1n) is 21.2. The fourth-order valence-electron chi connectivity index (χ4n) is 9.53. The van der Waals surface area contributed by atoms with Gasteiger partial charge in [-0.1, -0.05) is 140 Å². The van der Waals surface area contributed by atoms with Crippen LogP contribution in [0.3, 0.4) is 0 Å². The van der Waals surface area contributed by atoms with Crippen LogP contribution in [0.1, 0.15) is 28.8 Å². The first-order valence-corrected chi connectivity index (χ1v) is 21.2. The number of amidine groups is 1. The van der Waals surface area contributed by atoms with Crippen molar-refractivity contribution in [2.24, 2.45) is 4.99 Å². The van der Waals surface area contributed by atoms with Crippen LogP contribution >= 0.6 is 0 Å². The molecule has 0 saturated heterocycles. The van der Waals surface area contributed by atoms with E-state index < -0.39 is 0 Å². The lowest BCUT2D eigenvalue weighted by molar-refractivity contribution is 0.261. The second kappa shape index (κ2) is 14.1. The largest absolute Gasteiger partial charge is 0.484 e. The minimum atomic E-state index is -0.292. The number of furan rings is 1. The summed E-state index contributed by atoms with van der Waals surface area (Å²) in [7, 11) is 0. The van der Waals surface area contributed by atoms with Gasteiger partial charge in [0.2, 0.25) is 0 Å². The highest BCUT2D eigenvalue weighted by Gasteiger charge is 2.41. The number of ether oxygens (including phenoxy) is 1. The Balaban J connectivity index is 0.897. The molecular weight excluding hydrogens is 777 g/mol. The molecule has 8 heteroatoms. The van der Waals surface area contributed by atoms with Gasteiger partial charge in [0.15, 0.2) is 23.2 Å². The fourth-order valence-corrected chi connectivity index (χ4v) is 9.53. The Morgan fingerprint density at radius 1 is 0.556 bits per heavy atom. The molecule has 0 fully saturated rings. The molecule has 1 N–H and O–H groups in total. The van der Waals surface area contributed by atoms with E-state index in [4.69, 9.17) is 29.1 Å². The summed E-state index contributed by atoms with van der Waals surface area (Å²) >= 11 is 0. The Morgan fingerprint density at radius 3 is 2.02 bits per heavy atom. The molecule has 7 aromatic carbocycles. The van der Waals surface area contributed by atoms with E-state index in [1.54, 1.807) is 0 Å². The van der Waals surface area contributed by atoms with Gasteiger partial charge >= 0.3 is 0 Å². The van der Waals surface area contributed by atoms with Crippen molar-refractivity contribution in [3.8, 4) is 45.6 Å². The maximum absolute atomic E-state index is 6.85. The van der Waals surface area contributed by atoms with Gasteiger partial charge in [0.1, 0.15) is 35.0 Å². The zero-order valence-electron chi connectivity index (χ0n) is 33.8. The van der Waals surface area contributed by atoms with E-state index in [9.17, 15) is 0 Å². The summed E-state index contributed by atoms with van der Waals surface area (Å²) < 4.78 is 15.6. The number of hydrogen-bond acceptors (Lipinski definition) is 7. The van der Waals surface area contributed by atoms with Crippen molar-refractivity contribution in [2.75, 3.05) is 0 Å². The number of aliphatic imine (C=N–C) groups is 1. The minimum absolute atomic E-state index is 0.0562. The standard InChI is InChI=1S/C55H36N6O2/c1-4-15-33(16-5-1)48-51-49(41-22-11-13-26-46(41)63-51)57-55(56-48)42-24-14-23-40-43-31-35(28-30-47(43)62-50(40)42)53-58-52(34-17-6-2-7-18-34)59-54(60-53)36-27-29-39-38-21-10-12-25-44(38)61(45(39)32-36)37-19-8-3-9-20-37/h1-32,40,48,50H,(H,56,57). The topological polar surface area (TPSA) is 90.4 Å². The molecule has 1 aliphatic carbocycles. The summed E-state index contributed by atoms with van der Waals surface area (Å²) in [6, 6.07) is 60.2. The highest BCUT2D eigenvalue weighted by atomic mass is 16.5. The molecule has 13 rings (SSSR count). The summed E-state index contributed by atoms with van der Waals surface area (Å²) in [6.07, 6.45) is 6.16. The van der Waals surface area contributed by atoms with E-state index in [0.717, 1.165) is 84.1 Å². The Bertz CT molecular complexity index is 3530. The van der Waals surface area contributed by atoms with E-state index >= 15 is 0 Å². The zero-order valence-corrected chi connectivity index (χ0v) is 33.8. The van der Waals surface area contributed by atoms with E-state index in [1.807, 2.05) is 60.7 Å². The predicted octanol–water partition coefficient (Wildman–Crippen LogP) is 12.5. The van der Waals surface area contributed by atoms with Crippen LogP contribution in [-0.2, 0) is 0 Å². The summed E-state index contributed by atoms with van der Waals surface area (Å²) in [4.78, 5) is 20.7. The lowest BCUT2D eigenvalue weighted by atomic mass is 9.85. The van der Waals surface area contributed by atoms with Gasteiger partial charge in [-0.25, -0.2) is 19.9 Å². The molecule has 3 unspecified atom stereocenters. The Morgan fingerprint density at radius 2 is 1.21 bits per heavy atom. The average molecular weight is 813 g/mol. The van der Waals surface area contributed by atoms with Crippen molar-refractivity contribution in [3.05, 3.63) is 217 Å². The number of nitrogens with one attached hydrogen (secondary N) is 1. The molecule has 63 heavy (non-hydrogen) atoms. The molecule has 298 valence electrons. The van der Waals surface area contributed by atoms with E-state index in [2.05, 4.69) is 143 Å². The molecule has 2 aliphatic heterocycles. The minimum Gasteiger partial charge on any atom is -0.484 e. The second-order valence-corrected chi connectivity index (χ2v) is 16.2. The van der Waals surface area contributed by atoms with E-state index in [0.29, 0.717) is 17.5 Å². The average Bonchev–Trinajstić information content (AvgIpc) is 4.03. The van der Waals surface area contributed by atoms with Crippen LogP contribution in [0.5, 0.6) is 5.75 Å². The van der Waals surface area contributed by atoms with Crippen LogP contribution in [0.2, 0.25) is 0 Å². The molecule has 8 nitrogen and oxygen atoms in total. The molecule has 0 saturated carbocycles. The molecule has 0 spiro atoms. The van der Waals surface area contributed by atoms with Gasteiger partial charge in [-0.2, -0.15) is 0 Å². The number of rotatable bonds is 6. The number of hydrogen-bond donors (Lipinski definition) is 1. The first kappa shape index (κ1) is 35.4. The highest BCUT2D eigenvalue weighted by molar-refractivity contribution is 6.10. The van der Waals surface area contributed by atoms with Gasteiger partial charge in [0.25, 0.3) is 0 Å². The van der Waals surface area contributed by atoms with Crippen molar-refractivity contribution in [1.82, 2.24) is 24.8 Å². The predicted molar refractivity (Wildman–Crippen MR) is 250 cm³/mol. The van der Waals surface area contributed by atoms with Crippen LogP contribution in [0, 0.1) is 0 Å². The maximum atomic E-state index is 6.85. The monoisotopic (exact) mass is 812 g/mol. The lowest BCUT2D eigenvalue weighted by Gasteiger charge is -2.29. The van der Waals surface area contributed by atoms with E-state index in [-0.39, 0.29) is 18.1 Å². The van der Waals surface area contributed by atoms with Crippen LogP contribution in [0.15, 0.2) is 209 Å². The second-order valence-electron chi connectivity index (χ2n) is 16.2. The Kier molecular flexibility index (Phi) is 7.93. The Labute approximate surface area is 362 Å². The highest BCUT2D eigenvalue weighted by Crippen LogP contribution is 2.48. The van der Waals surface area contributed by atoms with E-state index in [1.165, 1.54) is 10.8 Å². The smallest absolute Gasteiger partial charge is 0.164 e. The number of benzene rings is 7. The SMILES string of the molecule is C1=CC2c3cc(-c4nc(-c5ccccc5)nc(-c5ccc6c7ccccc7n(-c7ccccc7)c6c5)n4)ccc3OC2C(C2=Nc3c(oc4ccccc34)C(c3ccccc3)N2)=C1. The summed E-state index contributed by atoms with van der Waals surface area (Å²) in [6.45, 7) is 0. The van der Waals surface area contributed by atoms with Gasteiger partial charge in [0.05, 0.1) is 11.0 Å².